The Labute approximate surface area is 146 Å². The van der Waals surface area contributed by atoms with Gasteiger partial charge in [-0.15, -0.1) is 0 Å². The molecule has 0 radical (unpaired) electrons. The van der Waals surface area contributed by atoms with Crippen molar-refractivity contribution in [2.45, 2.75) is 11.3 Å². The minimum atomic E-state index is -0.0808. The van der Waals surface area contributed by atoms with E-state index >= 15 is 0 Å². The molecule has 2 heterocycles. The van der Waals surface area contributed by atoms with Gasteiger partial charge in [0, 0.05) is 14.9 Å². The molecule has 0 spiro atoms. The Morgan fingerprint density at radius 1 is 1.13 bits per heavy atom. The second-order valence-corrected chi connectivity index (χ2v) is 7.14. The molecule has 114 valence electrons. The zero-order valence-electron chi connectivity index (χ0n) is 12.0. The quantitative estimate of drug-likeness (QED) is 0.754. The number of carbonyl (C=O) groups excluding carboxylic acids is 1. The van der Waals surface area contributed by atoms with Gasteiger partial charge in [-0.25, -0.2) is 0 Å². The topological polar surface area (TPSA) is 56.2 Å². The first-order valence-electron chi connectivity index (χ1n) is 7.08. The van der Waals surface area contributed by atoms with Gasteiger partial charge >= 0.3 is 0 Å². The number of benzene rings is 2. The molecule has 0 atom stereocenters. The van der Waals surface area contributed by atoms with Crippen LogP contribution in [0, 0.1) is 5.41 Å². The molecule has 2 N–H and O–H groups in total. The van der Waals surface area contributed by atoms with Gasteiger partial charge < -0.3 is 5.32 Å². The Hall–Kier alpha value is -2.05. The molecule has 1 saturated heterocycles. The molecule has 0 aliphatic carbocycles. The molecule has 0 bridgehead atoms. The monoisotopic (exact) mass is 385 g/mol. The molecule has 2 aliphatic heterocycles. The minimum absolute atomic E-state index is 0.0808. The number of amides is 1. The van der Waals surface area contributed by atoms with Gasteiger partial charge in [0.2, 0.25) is 5.91 Å². The first kappa shape index (κ1) is 14.5. The highest BCUT2D eigenvalue weighted by Gasteiger charge is 2.36. The molecule has 1 fully saturated rings. The van der Waals surface area contributed by atoms with Gasteiger partial charge in [0.25, 0.3) is 0 Å². The second kappa shape index (κ2) is 5.54. The standard InChI is InChI=1S/C17H12BrN3OS/c18-11-5-1-3-7-13(11)21-15(22)9-10(16(21)19)17-20-12-6-2-4-8-14(12)23-17/h1-8,19-20H,9H2/b17-10+,19-16?. The van der Waals surface area contributed by atoms with Gasteiger partial charge in [-0.2, -0.15) is 0 Å². The smallest absolute Gasteiger partial charge is 0.237 e. The highest BCUT2D eigenvalue weighted by atomic mass is 79.9. The molecule has 0 saturated carbocycles. The molecule has 2 aromatic carbocycles. The molecular formula is C17H12BrN3OS. The lowest BCUT2D eigenvalue weighted by molar-refractivity contribution is -0.116. The zero-order valence-corrected chi connectivity index (χ0v) is 14.4. The molecule has 2 aromatic rings. The summed E-state index contributed by atoms with van der Waals surface area (Å²) in [6.45, 7) is 0. The molecule has 6 heteroatoms. The normalized spacial score (nSPS) is 20.0. The fourth-order valence-electron chi connectivity index (χ4n) is 2.70. The van der Waals surface area contributed by atoms with Gasteiger partial charge in [0.1, 0.15) is 5.84 Å². The third-order valence-electron chi connectivity index (χ3n) is 3.80. The van der Waals surface area contributed by atoms with E-state index < -0.39 is 0 Å². The Balaban J connectivity index is 1.72. The maximum atomic E-state index is 12.5. The number of nitrogens with one attached hydrogen (secondary N) is 2. The summed E-state index contributed by atoms with van der Waals surface area (Å²) in [5.41, 5.74) is 2.48. The van der Waals surface area contributed by atoms with E-state index in [1.807, 2.05) is 48.5 Å². The summed E-state index contributed by atoms with van der Waals surface area (Å²) >= 11 is 5.04. The fraction of sp³-hybridized carbons (Fsp3) is 0.0588. The van der Waals surface area contributed by atoms with Crippen LogP contribution in [-0.4, -0.2) is 11.7 Å². The van der Waals surface area contributed by atoms with Crippen LogP contribution in [0.5, 0.6) is 0 Å². The number of carbonyl (C=O) groups is 1. The van der Waals surface area contributed by atoms with Crippen molar-refractivity contribution in [3.05, 3.63) is 63.6 Å². The molecule has 0 unspecified atom stereocenters. The summed E-state index contributed by atoms with van der Waals surface area (Å²) in [5, 5.41) is 12.7. The number of hydrogen-bond donors (Lipinski definition) is 2. The molecule has 4 rings (SSSR count). The van der Waals surface area contributed by atoms with E-state index in [-0.39, 0.29) is 18.2 Å². The Morgan fingerprint density at radius 3 is 2.65 bits per heavy atom. The third kappa shape index (κ3) is 2.38. The van der Waals surface area contributed by atoms with Crippen molar-refractivity contribution >= 4 is 50.8 Å². The molecule has 0 aromatic heterocycles. The zero-order chi connectivity index (χ0) is 16.0. The van der Waals surface area contributed by atoms with Gasteiger partial charge in [0.05, 0.1) is 22.8 Å². The van der Waals surface area contributed by atoms with Crippen LogP contribution in [0.25, 0.3) is 0 Å². The van der Waals surface area contributed by atoms with Crippen LogP contribution < -0.4 is 10.2 Å². The fourth-order valence-corrected chi connectivity index (χ4v) is 4.21. The van der Waals surface area contributed by atoms with Crippen molar-refractivity contribution in [3.8, 4) is 0 Å². The lowest BCUT2D eigenvalue weighted by Gasteiger charge is -2.17. The van der Waals surface area contributed by atoms with E-state index in [2.05, 4.69) is 21.2 Å². The van der Waals surface area contributed by atoms with Gasteiger partial charge in [-0.1, -0.05) is 36.0 Å². The Morgan fingerprint density at radius 2 is 1.87 bits per heavy atom. The van der Waals surface area contributed by atoms with Crippen LogP contribution >= 0.6 is 27.7 Å². The highest BCUT2D eigenvalue weighted by Crippen LogP contribution is 2.44. The summed E-state index contributed by atoms with van der Waals surface area (Å²) in [6, 6.07) is 15.5. The van der Waals surface area contributed by atoms with E-state index in [1.54, 1.807) is 11.8 Å². The number of halogens is 1. The van der Waals surface area contributed by atoms with E-state index in [9.17, 15) is 4.79 Å². The molecule has 1 amide bonds. The summed E-state index contributed by atoms with van der Waals surface area (Å²) in [6.07, 6.45) is 0.240. The van der Waals surface area contributed by atoms with E-state index in [0.29, 0.717) is 5.69 Å². The molecule has 4 nitrogen and oxygen atoms in total. The SMILES string of the molecule is N=C1/C(=C2\Nc3ccccc3S2)CC(=O)N1c1ccccc1Br. The molecule has 2 aliphatic rings. The van der Waals surface area contributed by atoms with Gasteiger partial charge in [-0.05, 0) is 40.2 Å². The number of nitrogens with zero attached hydrogens (tertiary/aromatic N) is 1. The van der Waals surface area contributed by atoms with Crippen LogP contribution in [0.4, 0.5) is 11.4 Å². The predicted molar refractivity (Wildman–Crippen MR) is 96.9 cm³/mol. The van der Waals surface area contributed by atoms with Gasteiger partial charge in [0.15, 0.2) is 0 Å². The van der Waals surface area contributed by atoms with Crippen LogP contribution in [-0.2, 0) is 4.79 Å². The van der Waals surface area contributed by atoms with Crippen LogP contribution in [0.15, 0.2) is 68.5 Å². The number of amidine groups is 1. The number of rotatable bonds is 1. The average molecular weight is 386 g/mol. The highest BCUT2D eigenvalue weighted by molar-refractivity contribution is 9.10. The van der Waals surface area contributed by atoms with Crippen molar-refractivity contribution < 1.29 is 4.79 Å². The maximum absolute atomic E-state index is 12.5. The predicted octanol–water partition coefficient (Wildman–Crippen LogP) is 4.59. The minimum Gasteiger partial charge on any atom is -0.349 e. The number of anilines is 2. The Bertz CT molecular complexity index is 851. The maximum Gasteiger partial charge on any atom is 0.237 e. The number of fused-ring (bicyclic) bond motifs is 1. The van der Waals surface area contributed by atoms with Crippen molar-refractivity contribution in [3.63, 3.8) is 0 Å². The third-order valence-corrected chi connectivity index (χ3v) is 5.60. The van der Waals surface area contributed by atoms with Crippen LogP contribution in [0.2, 0.25) is 0 Å². The number of thioether (sulfide) groups is 1. The molecule has 23 heavy (non-hydrogen) atoms. The first-order chi connectivity index (χ1) is 11.1. The Kier molecular flexibility index (Phi) is 3.50. The summed E-state index contributed by atoms with van der Waals surface area (Å²) < 4.78 is 0.805. The van der Waals surface area contributed by atoms with Crippen molar-refractivity contribution in [1.82, 2.24) is 0 Å². The van der Waals surface area contributed by atoms with Crippen molar-refractivity contribution in [1.29, 1.82) is 5.41 Å². The summed E-state index contributed by atoms with van der Waals surface area (Å²) in [5.74, 6) is 0.160. The first-order valence-corrected chi connectivity index (χ1v) is 8.69. The van der Waals surface area contributed by atoms with Crippen molar-refractivity contribution in [2.24, 2.45) is 0 Å². The van der Waals surface area contributed by atoms with Crippen LogP contribution in [0.3, 0.4) is 0 Å². The average Bonchev–Trinajstić information content (AvgIpc) is 3.09. The number of hydrogen-bond acceptors (Lipinski definition) is 4. The second-order valence-electron chi connectivity index (χ2n) is 5.24. The molecular weight excluding hydrogens is 374 g/mol. The summed E-state index contributed by atoms with van der Waals surface area (Å²) in [4.78, 5) is 15.1. The van der Waals surface area contributed by atoms with E-state index in [1.165, 1.54) is 4.90 Å². The lowest BCUT2D eigenvalue weighted by Crippen LogP contribution is -2.29. The summed E-state index contributed by atoms with van der Waals surface area (Å²) in [7, 11) is 0. The largest absolute Gasteiger partial charge is 0.349 e. The lowest BCUT2D eigenvalue weighted by atomic mass is 10.2. The van der Waals surface area contributed by atoms with E-state index in [0.717, 1.165) is 25.7 Å². The van der Waals surface area contributed by atoms with Crippen LogP contribution in [0.1, 0.15) is 6.42 Å². The van der Waals surface area contributed by atoms with Crippen molar-refractivity contribution in [2.75, 3.05) is 10.2 Å². The van der Waals surface area contributed by atoms with Gasteiger partial charge in [-0.3, -0.25) is 15.1 Å². The van der Waals surface area contributed by atoms with E-state index in [4.69, 9.17) is 5.41 Å². The number of para-hydroxylation sites is 2.